The molecule has 0 fully saturated rings. The molecule has 0 aliphatic heterocycles. The summed E-state index contributed by atoms with van der Waals surface area (Å²) in [5, 5.41) is 7.17. The number of anilines is 3. The van der Waals surface area contributed by atoms with E-state index in [1.807, 2.05) is 50.2 Å². The van der Waals surface area contributed by atoms with Crippen LogP contribution in [-0.4, -0.2) is 20.1 Å². The van der Waals surface area contributed by atoms with Crippen LogP contribution in [0.5, 0.6) is 0 Å². The third kappa shape index (κ3) is 4.23. The molecule has 0 spiro atoms. The van der Waals surface area contributed by atoms with Crippen molar-refractivity contribution in [2.75, 3.05) is 11.1 Å². The molecule has 2 heterocycles. The van der Waals surface area contributed by atoms with Gasteiger partial charge < -0.3 is 15.6 Å². The van der Waals surface area contributed by atoms with Gasteiger partial charge in [0.2, 0.25) is 11.9 Å². The molecule has 24 heavy (non-hydrogen) atoms. The number of para-hydroxylation sites is 1. The summed E-state index contributed by atoms with van der Waals surface area (Å²) < 4.78 is 5.07. The van der Waals surface area contributed by atoms with Crippen LogP contribution in [0.2, 0.25) is 0 Å². The van der Waals surface area contributed by atoms with Crippen molar-refractivity contribution < 1.29 is 4.52 Å². The SMILES string of the molecule is Cc1cc(CS[C@H](C)c2nc(N)nc(Nc3ccccc3)n2)no1. The molecule has 0 aliphatic rings. The van der Waals surface area contributed by atoms with Gasteiger partial charge in [-0.3, -0.25) is 0 Å². The molecule has 0 aliphatic carbocycles. The maximum absolute atomic E-state index is 5.82. The number of aryl methyl sites for hydroxylation is 1. The molecule has 3 rings (SSSR count). The van der Waals surface area contributed by atoms with Crippen molar-refractivity contribution in [3.8, 4) is 0 Å². The van der Waals surface area contributed by atoms with E-state index in [2.05, 4.69) is 25.4 Å². The number of nitrogens with zero attached hydrogens (tertiary/aromatic N) is 4. The summed E-state index contributed by atoms with van der Waals surface area (Å²) in [6, 6.07) is 11.6. The van der Waals surface area contributed by atoms with Gasteiger partial charge in [-0.2, -0.15) is 15.0 Å². The molecular formula is C16H18N6OS. The maximum Gasteiger partial charge on any atom is 0.232 e. The van der Waals surface area contributed by atoms with Crippen molar-refractivity contribution >= 4 is 29.3 Å². The van der Waals surface area contributed by atoms with E-state index < -0.39 is 0 Å². The molecular weight excluding hydrogens is 324 g/mol. The van der Waals surface area contributed by atoms with Crippen molar-refractivity contribution in [3.63, 3.8) is 0 Å². The minimum absolute atomic E-state index is 0.0450. The molecule has 0 bridgehead atoms. The van der Waals surface area contributed by atoms with E-state index >= 15 is 0 Å². The number of thioether (sulfide) groups is 1. The number of rotatable bonds is 6. The highest BCUT2D eigenvalue weighted by atomic mass is 32.2. The van der Waals surface area contributed by atoms with Crippen LogP contribution in [-0.2, 0) is 5.75 Å². The van der Waals surface area contributed by atoms with Gasteiger partial charge in [0.15, 0.2) is 0 Å². The fraction of sp³-hybridized carbons (Fsp3) is 0.250. The van der Waals surface area contributed by atoms with Crippen LogP contribution in [0.3, 0.4) is 0 Å². The second-order valence-electron chi connectivity index (χ2n) is 5.25. The Morgan fingerprint density at radius 1 is 1.21 bits per heavy atom. The molecule has 0 radical (unpaired) electrons. The monoisotopic (exact) mass is 342 g/mol. The summed E-state index contributed by atoms with van der Waals surface area (Å²) >= 11 is 1.66. The predicted molar refractivity (Wildman–Crippen MR) is 94.9 cm³/mol. The van der Waals surface area contributed by atoms with Crippen molar-refractivity contribution in [2.24, 2.45) is 0 Å². The smallest absolute Gasteiger partial charge is 0.232 e. The number of hydrogen-bond donors (Lipinski definition) is 2. The molecule has 2 aromatic heterocycles. The van der Waals surface area contributed by atoms with Gasteiger partial charge in [-0.1, -0.05) is 23.4 Å². The third-order valence-electron chi connectivity index (χ3n) is 3.22. The van der Waals surface area contributed by atoms with Gasteiger partial charge in [0.1, 0.15) is 11.6 Å². The van der Waals surface area contributed by atoms with Crippen LogP contribution in [0.25, 0.3) is 0 Å². The van der Waals surface area contributed by atoms with Gasteiger partial charge in [0.25, 0.3) is 0 Å². The van der Waals surface area contributed by atoms with Crippen LogP contribution in [0.1, 0.15) is 29.5 Å². The molecule has 3 aromatic rings. The van der Waals surface area contributed by atoms with Crippen LogP contribution in [0.4, 0.5) is 17.6 Å². The lowest BCUT2D eigenvalue weighted by Gasteiger charge is -2.11. The molecule has 8 heteroatoms. The van der Waals surface area contributed by atoms with Crippen molar-refractivity contribution in [2.45, 2.75) is 24.9 Å². The molecule has 1 aromatic carbocycles. The number of nitrogens with two attached hydrogens (primary N) is 1. The second-order valence-corrected chi connectivity index (χ2v) is 6.58. The van der Waals surface area contributed by atoms with E-state index in [0.29, 0.717) is 17.5 Å². The Hall–Kier alpha value is -2.61. The number of aromatic nitrogens is 4. The number of hydrogen-bond acceptors (Lipinski definition) is 8. The Morgan fingerprint density at radius 3 is 2.71 bits per heavy atom. The maximum atomic E-state index is 5.82. The third-order valence-corrected chi connectivity index (χ3v) is 4.39. The standard InChI is InChI=1S/C16H18N6OS/c1-10-8-13(22-23-10)9-24-11(2)14-19-15(17)21-16(20-14)18-12-6-4-3-5-7-12/h3-8,11H,9H2,1-2H3,(H3,17,18,19,20,21)/t11-/m1/s1. The summed E-state index contributed by atoms with van der Waals surface area (Å²) in [7, 11) is 0. The van der Waals surface area contributed by atoms with Gasteiger partial charge >= 0.3 is 0 Å². The van der Waals surface area contributed by atoms with Gasteiger partial charge in [-0.05, 0) is 26.0 Å². The molecule has 0 unspecified atom stereocenters. The first-order chi connectivity index (χ1) is 11.6. The zero-order valence-corrected chi connectivity index (χ0v) is 14.2. The number of nitrogens with one attached hydrogen (secondary N) is 1. The van der Waals surface area contributed by atoms with E-state index in [1.165, 1.54) is 0 Å². The van der Waals surface area contributed by atoms with E-state index in [9.17, 15) is 0 Å². The van der Waals surface area contributed by atoms with E-state index in [1.54, 1.807) is 11.8 Å². The van der Waals surface area contributed by atoms with Crippen molar-refractivity contribution in [1.29, 1.82) is 0 Å². The van der Waals surface area contributed by atoms with Crippen molar-refractivity contribution in [1.82, 2.24) is 20.1 Å². The highest BCUT2D eigenvalue weighted by Gasteiger charge is 2.14. The normalized spacial score (nSPS) is 12.1. The highest BCUT2D eigenvalue weighted by Crippen LogP contribution is 2.29. The molecule has 3 N–H and O–H groups in total. The largest absolute Gasteiger partial charge is 0.368 e. The van der Waals surface area contributed by atoms with Crippen LogP contribution in [0, 0.1) is 6.92 Å². The van der Waals surface area contributed by atoms with Crippen LogP contribution < -0.4 is 11.1 Å². The average molecular weight is 342 g/mol. The van der Waals surface area contributed by atoms with Crippen LogP contribution in [0.15, 0.2) is 40.9 Å². The lowest BCUT2D eigenvalue weighted by molar-refractivity contribution is 0.393. The lowest BCUT2D eigenvalue weighted by atomic mass is 10.3. The fourth-order valence-electron chi connectivity index (χ4n) is 2.07. The molecule has 0 saturated heterocycles. The number of benzene rings is 1. The van der Waals surface area contributed by atoms with E-state index in [4.69, 9.17) is 10.3 Å². The quantitative estimate of drug-likeness (QED) is 0.702. The Kier molecular flexibility index (Phi) is 4.95. The zero-order valence-electron chi connectivity index (χ0n) is 13.4. The van der Waals surface area contributed by atoms with Crippen molar-refractivity contribution in [3.05, 3.63) is 53.7 Å². The lowest BCUT2D eigenvalue weighted by Crippen LogP contribution is -2.08. The minimum atomic E-state index is 0.0450. The van der Waals surface area contributed by atoms with E-state index in [-0.39, 0.29) is 11.2 Å². The average Bonchev–Trinajstić information content (AvgIpc) is 2.98. The highest BCUT2D eigenvalue weighted by molar-refractivity contribution is 7.98. The Labute approximate surface area is 144 Å². The van der Waals surface area contributed by atoms with Crippen LogP contribution >= 0.6 is 11.8 Å². The van der Waals surface area contributed by atoms with Gasteiger partial charge in [-0.15, -0.1) is 11.8 Å². The first kappa shape index (κ1) is 16.3. The topological polar surface area (TPSA) is 103 Å². The zero-order chi connectivity index (χ0) is 16.9. The fourth-order valence-corrected chi connectivity index (χ4v) is 2.88. The summed E-state index contributed by atoms with van der Waals surface area (Å²) in [5.74, 6) is 2.78. The molecule has 7 nitrogen and oxygen atoms in total. The van der Waals surface area contributed by atoms with Gasteiger partial charge in [0.05, 0.1) is 10.9 Å². The Morgan fingerprint density at radius 2 is 2.00 bits per heavy atom. The molecule has 0 saturated carbocycles. The summed E-state index contributed by atoms with van der Waals surface area (Å²) in [5.41, 5.74) is 7.62. The van der Waals surface area contributed by atoms with E-state index in [0.717, 1.165) is 17.1 Å². The Balaban J connectivity index is 1.70. The second kappa shape index (κ2) is 7.31. The van der Waals surface area contributed by atoms with Gasteiger partial charge in [0, 0.05) is 17.5 Å². The van der Waals surface area contributed by atoms with Gasteiger partial charge in [-0.25, -0.2) is 0 Å². The minimum Gasteiger partial charge on any atom is -0.368 e. The summed E-state index contributed by atoms with van der Waals surface area (Å²) in [6.07, 6.45) is 0. The molecule has 0 amide bonds. The first-order valence-electron chi connectivity index (χ1n) is 7.47. The summed E-state index contributed by atoms with van der Waals surface area (Å²) in [6.45, 7) is 3.90. The predicted octanol–water partition coefficient (Wildman–Crippen LogP) is 3.49. The first-order valence-corrected chi connectivity index (χ1v) is 8.52. The summed E-state index contributed by atoms with van der Waals surface area (Å²) in [4.78, 5) is 12.9. The number of nitrogen functional groups attached to an aromatic ring is 1. The molecule has 124 valence electrons. The molecule has 1 atom stereocenters. The Bertz CT molecular complexity index is 807.